The fourth-order valence-corrected chi connectivity index (χ4v) is 2.58. The second kappa shape index (κ2) is 7.59. The van der Waals surface area contributed by atoms with Crippen LogP contribution in [0.5, 0.6) is 0 Å². The first kappa shape index (κ1) is 16.7. The van der Waals surface area contributed by atoms with E-state index >= 15 is 0 Å². The van der Waals surface area contributed by atoms with E-state index in [4.69, 9.17) is 16.1 Å². The van der Waals surface area contributed by atoms with Crippen molar-refractivity contribution in [3.8, 4) is 11.4 Å². The smallest absolute Gasteiger partial charge is 0.252 e. The molecule has 2 aromatic carbocycles. The van der Waals surface area contributed by atoms with Gasteiger partial charge in [0.2, 0.25) is 11.7 Å². The standard InChI is InChI=1S/C17H13BrClN3O2/c18-12-7-5-11(6-8-12)16-21-15(24-22-16)9-10-20-17(23)13-3-1-2-4-14(13)19/h1-8H,9-10H2,(H,20,23). The van der Waals surface area contributed by atoms with E-state index in [9.17, 15) is 4.79 Å². The van der Waals surface area contributed by atoms with E-state index in [1.807, 2.05) is 24.3 Å². The Morgan fingerprint density at radius 3 is 2.67 bits per heavy atom. The molecule has 0 aliphatic heterocycles. The van der Waals surface area contributed by atoms with Crippen molar-refractivity contribution >= 4 is 33.4 Å². The summed E-state index contributed by atoms with van der Waals surface area (Å²) in [6.07, 6.45) is 0.444. The van der Waals surface area contributed by atoms with E-state index in [2.05, 4.69) is 31.4 Å². The number of hydrogen-bond donors (Lipinski definition) is 1. The average Bonchev–Trinajstić information content (AvgIpc) is 3.04. The number of nitrogens with one attached hydrogen (secondary N) is 1. The molecule has 122 valence electrons. The summed E-state index contributed by atoms with van der Waals surface area (Å²) >= 11 is 9.37. The maximum absolute atomic E-state index is 12.0. The third-order valence-electron chi connectivity index (χ3n) is 3.31. The Morgan fingerprint density at radius 2 is 1.92 bits per heavy atom. The number of halogens is 2. The summed E-state index contributed by atoms with van der Waals surface area (Å²) < 4.78 is 6.19. The summed E-state index contributed by atoms with van der Waals surface area (Å²) in [5.41, 5.74) is 1.31. The van der Waals surface area contributed by atoms with Crippen LogP contribution >= 0.6 is 27.5 Å². The summed E-state index contributed by atoms with van der Waals surface area (Å²) in [5, 5.41) is 7.16. The second-order valence-corrected chi connectivity index (χ2v) is 6.33. The van der Waals surface area contributed by atoms with Crippen molar-refractivity contribution in [1.82, 2.24) is 15.5 Å². The molecule has 1 heterocycles. The molecular weight excluding hydrogens is 394 g/mol. The zero-order valence-electron chi connectivity index (χ0n) is 12.5. The van der Waals surface area contributed by atoms with Crippen molar-refractivity contribution in [1.29, 1.82) is 0 Å². The molecule has 7 heteroatoms. The summed E-state index contributed by atoms with van der Waals surface area (Å²) in [6, 6.07) is 14.5. The van der Waals surface area contributed by atoms with Crippen LogP contribution < -0.4 is 5.32 Å². The first-order valence-electron chi connectivity index (χ1n) is 7.25. The average molecular weight is 407 g/mol. The molecule has 3 aromatic rings. The number of benzene rings is 2. The van der Waals surface area contributed by atoms with Crippen molar-refractivity contribution in [3.05, 3.63) is 69.5 Å². The molecule has 1 aromatic heterocycles. The van der Waals surface area contributed by atoms with Gasteiger partial charge in [0.1, 0.15) is 0 Å². The van der Waals surface area contributed by atoms with Crippen LogP contribution in [0.3, 0.4) is 0 Å². The van der Waals surface area contributed by atoms with Crippen LogP contribution in [0, 0.1) is 0 Å². The van der Waals surface area contributed by atoms with E-state index in [0.717, 1.165) is 10.0 Å². The van der Waals surface area contributed by atoms with Gasteiger partial charge >= 0.3 is 0 Å². The number of hydrogen-bond acceptors (Lipinski definition) is 4. The Hall–Kier alpha value is -2.18. The van der Waals surface area contributed by atoms with Crippen LogP contribution in [0.4, 0.5) is 0 Å². The minimum atomic E-state index is -0.228. The molecule has 0 spiro atoms. The highest BCUT2D eigenvalue weighted by Crippen LogP contribution is 2.19. The molecule has 0 atom stereocenters. The third-order valence-corrected chi connectivity index (χ3v) is 4.17. The second-order valence-electron chi connectivity index (χ2n) is 5.00. The largest absolute Gasteiger partial charge is 0.351 e. The minimum Gasteiger partial charge on any atom is -0.351 e. The molecule has 0 bridgehead atoms. The van der Waals surface area contributed by atoms with E-state index in [0.29, 0.717) is 35.3 Å². The van der Waals surface area contributed by atoms with E-state index in [1.54, 1.807) is 24.3 Å². The van der Waals surface area contributed by atoms with Crippen LogP contribution in [0.1, 0.15) is 16.2 Å². The SMILES string of the molecule is O=C(NCCc1nc(-c2ccc(Br)cc2)no1)c1ccccc1Cl. The maximum Gasteiger partial charge on any atom is 0.252 e. The molecule has 5 nitrogen and oxygen atoms in total. The van der Waals surface area contributed by atoms with Crippen molar-refractivity contribution < 1.29 is 9.32 Å². The van der Waals surface area contributed by atoms with Crippen molar-refractivity contribution in [2.24, 2.45) is 0 Å². The predicted molar refractivity (Wildman–Crippen MR) is 94.9 cm³/mol. The van der Waals surface area contributed by atoms with Gasteiger partial charge in [-0.3, -0.25) is 4.79 Å². The quantitative estimate of drug-likeness (QED) is 0.692. The molecule has 0 saturated heterocycles. The molecule has 24 heavy (non-hydrogen) atoms. The number of carbonyl (C=O) groups excluding carboxylic acids is 1. The van der Waals surface area contributed by atoms with Gasteiger partial charge in [0.25, 0.3) is 5.91 Å². The van der Waals surface area contributed by atoms with Crippen molar-refractivity contribution in [2.45, 2.75) is 6.42 Å². The number of carbonyl (C=O) groups is 1. The molecule has 3 rings (SSSR count). The maximum atomic E-state index is 12.0. The fourth-order valence-electron chi connectivity index (χ4n) is 2.10. The Labute approximate surface area is 152 Å². The Bertz CT molecular complexity index is 849. The lowest BCUT2D eigenvalue weighted by atomic mass is 10.2. The van der Waals surface area contributed by atoms with Gasteiger partial charge in [-0.15, -0.1) is 0 Å². The topological polar surface area (TPSA) is 68.0 Å². The number of nitrogens with zero attached hydrogens (tertiary/aromatic N) is 2. The van der Waals surface area contributed by atoms with Crippen LogP contribution in [0.2, 0.25) is 5.02 Å². The third kappa shape index (κ3) is 4.01. The molecule has 0 unspecified atom stereocenters. The molecule has 0 aliphatic carbocycles. The normalized spacial score (nSPS) is 10.6. The molecular formula is C17H13BrClN3O2. The van der Waals surface area contributed by atoms with E-state index in [1.165, 1.54) is 0 Å². The summed E-state index contributed by atoms with van der Waals surface area (Å²) in [7, 11) is 0. The van der Waals surface area contributed by atoms with Gasteiger partial charge in [0.05, 0.1) is 10.6 Å². The van der Waals surface area contributed by atoms with Gasteiger partial charge in [-0.1, -0.05) is 44.8 Å². The van der Waals surface area contributed by atoms with Crippen LogP contribution in [0.15, 0.2) is 57.5 Å². The molecule has 1 amide bonds. The highest BCUT2D eigenvalue weighted by atomic mass is 79.9. The number of rotatable bonds is 5. The van der Waals surface area contributed by atoms with E-state index < -0.39 is 0 Å². The zero-order valence-corrected chi connectivity index (χ0v) is 14.8. The zero-order chi connectivity index (χ0) is 16.9. The van der Waals surface area contributed by atoms with Crippen LogP contribution in [-0.2, 0) is 6.42 Å². The molecule has 0 aliphatic rings. The summed E-state index contributed by atoms with van der Waals surface area (Å²) in [4.78, 5) is 16.4. The van der Waals surface area contributed by atoms with E-state index in [-0.39, 0.29) is 5.91 Å². The highest BCUT2D eigenvalue weighted by Gasteiger charge is 2.11. The van der Waals surface area contributed by atoms with Gasteiger partial charge in [0, 0.05) is 23.0 Å². The molecule has 0 saturated carbocycles. The van der Waals surface area contributed by atoms with Crippen molar-refractivity contribution in [2.75, 3.05) is 6.54 Å². The first-order chi connectivity index (χ1) is 11.6. The first-order valence-corrected chi connectivity index (χ1v) is 8.42. The lowest BCUT2D eigenvalue weighted by Crippen LogP contribution is -2.26. The van der Waals surface area contributed by atoms with Gasteiger partial charge < -0.3 is 9.84 Å². The predicted octanol–water partition coefficient (Wildman–Crippen LogP) is 4.13. The highest BCUT2D eigenvalue weighted by molar-refractivity contribution is 9.10. The lowest BCUT2D eigenvalue weighted by Gasteiger charge is -2.04. The van der Waals surface area contributed by atoms with Gasteiger partial charge in [-0.05, 0) is 36.4 Å². The summed E-state index contributed by atoms with van der Waals surface area (Å²) in [5.74, 6) is 0.760. The minimum absolute atomic E-state index is 0.228. The Balaban J connectivity index is 1.57. The van der Waals surface area contributed by atoms with Crippen molar-refractivity contribution in [3.63, 3.8) is 0 Å². The molecule has 0 radical (unpaired) electrons. The number of aromatic nitrogens is 2. The molecule has 0 fully saturated rings. The van der Waals surface area contributed by atoms with Crippen LogP contribution in [0.25, 0.3) is 11.4 Å². The Kier molecular flexibility index (Phi) is 5.27. The fraction of sp³-hybridized carbons (Fsp3) is 0.118. The number of amides is 1. The summed E-state index contributed by atoms with van der Waals surface area (Å²) in [6.45, 7) is 0.381. The lowest BCUT2D eigenvalue weighted by molar-refractivity contribution is 0.0953. The monoisotopic (exact) mass is 405 g/mol. The van der Waals surface area contributed by atoms with Gasteiger partial charge in [-0.25, -0.2) is 0 Å². The van der Waals surface area contributed by atoms with Crippen LogP contribution in [-0.4, -0.2) is 22.6 Å². The van der Waals surface area contributed by atoms with Gasteiger partial charge in [0.15, 0.2) is 0 Å². The Morgan fingerprint density at radius 1 is 1.17 bits per heavy atom. The van der Waals surface area contributed by atoms with Gasteiger partial charge in [-0.2, -0.15) is 4.98 Å². The molecule has 1 N–H and O–H groups in total.